The number of H-pyrrole nitrogens is 1. The Morgan fingerprint density at radius 2 is 1.56 bits per heavy atom. The predicted molar refractivity (Wildman–Crippen MR) is 130 cm³/mol. The Kier molecular flexibility index (Phi) is 8.99. The lowest BCUT2D eigenvalue weighted by Crippen LogP contribution is -2.45. The van der Waals surface area contributed by atoms with Crippen molar-refractivity contribution in [3.05, 3.63) is 84.1 Å². The minimum absolute atomic E-state index is 0.0443. The molecule has 0 unspecified atom stereocenters. The van der Waals surface area contributed by atoms with Gasteiger partial charge in [0.15, 0.2) is 0 Å². The van der Waals surface area contributed by atoms with Crippen molar-refractivity contribution in [2.24, 2.45) is 0 Å². The maximum absolute atomic E-state index is 12.3. The van der Waals surface area contributed by atoms with E-state index in [9.17, 15) is 14.4 Å². The summed E-state index contributed by atoms with van der Waals surface area (Å²) in [5.41, 5.74) is 3.35. The third-order valence-electron chi connectivity index (χ3n) is 5.70. The quantitative estimate of drug-likeness (QED) is 0.399. The van der Waals surface area contributed by atoms with Crippen LogP contribution in [0.2, 0.25) is 0 Å². The highest BCUT2D eigenvalue weighted by Crippen LogP contribution is 2.19. The number of aromatic amines is 1. The molecular formula is C26H29N3O5. The topological polar surface area (TPSA) is 123 Å². The zero-order valence-electron chi connectivity index (χ0n) is 18.8. The third kappa shape index (κ3) is 7.60. The summed E-state index contributed by atoms with van der Waals surface area (Å²) in [4.78, 5) is 37.2. The number of hydrogen-bond donors (Lipinski definition) is 4. The minimum Gasteiger partial charge on any atom is -0.478 e. The van der Waals surface area contributed by atoms with Gasteiger partial charge in [-0.25, -0.2) is 9.59 Å². The lowest BCUT2D eigenvalue weighted by Gasteiger charge is -2.32. The molecule has 0 saturated carbocycles. The molecule has 0 atom stereocenters. The smallest absolute Gasteiger partial charge is 0.328 e. The highest BCUT2D eigenvalue weighted by molar-refractivity contribution is 5.94. The molecule has 0 radical (unpaired) electrons. The van der Waals surface area contributed by atoms with Crippen molar-refractivity contribution in [1.82, 2.24) is 15.2 Å². The molecule has 8 heteroatoms. The van der Waals surface area contributed by atoms with Crippen LogP contribution in [0.3, 0.4) is 0 Å². The van der Waals surface area contributed by atoms with Gasteiger partial charge in [0.05, 0.1) is 0 Å². The summed E-state index contributed by atoms with van der Waals surface area (Å²) < 4.78 is 0. The fraction of sp³-hybridized carbons (Fsp3) is 0.269. The van der Waals surface area contributed by atoms with Crippen molar-refractivity contribution in [2.75, 3.05) is 19.6 Å². The summed E-state index contributed by atoms with van der Waals surface area (Å²) >= 11 is 0. The van der Waals surface area contributed by atoms with E-state index in [0.717, 1.165) is 44.5 Å². The van der Waals surface area contributed by atoms with Gasteiger partial charge in [-0.2, -0.15) is 0 Å². The third-order valence-corrected chi connectivity index (χ3v) is 5.70. The molecule has 4 rings (SSSR count). The maximum atomic E-state index is 12.3. The molecule has 8 nitrogen and oxygen atoms in total. The standard InChI is InChI=1S/C22H25N3O.C4H4O4/c26-22(17-6-2-1-3-7-17)24-19-11-14-25(15-12-19)13-10-18-16-23-21-9-5-4-8-20(18)21;5-3(6)1-2-4(7)8/h1-9,16,19,23H,10-15H2,(H,24,26);1-2H,(H,5,6)(H,7,8)/b;2-1-. The number of carboxylic acid groups (broad SMARTS) is 2. The number of aliphatic carboxylic acids is 2. The summed E-state index contributed by atoms with van der Waals surface area (Å²) in [6, 6.07) is 18.2. The van der Waals surface area contributed by atoms with Gasteiger partial charge in [-0.3, -0.25) is 4.79 Å². The first-order chi connectivity index (χ1) is 16.4. The Morgan fingerprint density at radius 1 is 0.941 bits per heavy atom. The Hall–Kier alpha value is -3.91. The first kappa shape index (κ1) is 24.7. The lowest BCUT2D eigenvalue weighted by atomic mass is 10.0. The minimum atomic E-state index is -1.26. The number of likely N-dealkylation sites (tertiary alicyclic amines) is 1. The molecule has 2 heterocycles. The second kappa shape index (κ2) is 12.4. The monoisotopic (exact) mass is 463 g/mol. The van der Waals surface area contributed by atoms with Crippen molar-refractivity contribution >= 4 is 28.7 Å². The van der Waals surface area contributed by atoms with E-state index in [1.165, 1.54) is 16.5 Å². The molecule has 3 aromatic rings. The van der Waals surface area contributed by atoms with Crippen molar-refractivity contribution in [1.29, 1.82) is 0 Å². The van der Waals surface area contributed by atoms with Crippen LogP contribution in [0.4, 0.5) is 0 Å². The molecule has 1 aliphatic rings. The number of piperidine rings is 1. The van der Waals surface area contributed by atoms with Crippen LogP contribution in [0.25, 0.3) is 10.9 Å². The van der Waals surface area contributed by atoms with Crippen LogP contribution in [0.1, 0.15) is 28.8 Å². The molecule has 1 aliphatic heterocycles. The number of carboxylic acids is 2. The number of rotatable bonds is 7. The number of aromatic nitrogens is 1. The van der Waals surface area contributed by atoms with E-state index in [4.69, 9.17) is 10.2 Å². The summed E-state index contributed by atoms with van der Waals surface area (Å²) in [6.45, 7) is 3.16. The van der Waals surface area contributed by atoms with E-state index in [1.807, 2.05) is 30.3 Å². The molecule has 1 aromatic heterocycles. The molecule has 2 aromatic carbocycles. The van der Waals surface area contributed by atoms with Gasteiger partial charge in [-0.15, -0.1) is 0 Å². The van der Waals surface area contributed by atoms with Crippen LogP contribution in [-0.2, 0) is 16.0 Å². The van der Waals surface area contributed by atoms with E-state index in [2.05, 4.69) is 45.7 Å². The van der Waals surface area contributed by atoms with Gasteiger partial charge in [-0.05, 0) is 43.0 Å². The van der Waals surface area contributed by atoms with Gasteiger partial charge in [-0.1, -0.05) is 36.4 Å². The average Bonchev–Trinajstić information content (AvgIpc) is 3.26. The predicted octanol–water partition coefficient (Wildman–Crippen LogP) is 3.32. The normalized spacial score (nSPS) is 14.5. The molecule has 0 bridgehead atoms. The molecule has 34 heavy (non-hydrogen) atoms. The number of hydrogen-bond acceptors (Lipinski definition) is 4. The summed E-state index contributed by atoms with van der Waals surface area (Å²) in [5.74, 6) is -2.47. The highest BCUT2D eigenvalue weighted by atomic mass is 16.4. The first-order valence-electron chi connectivity index (χ1n) is 11.2. The van der Waals surface area contributed by atoms with Crippen LogP contribution in [0.15, 0.2) is 72.9 Å². The van der Waals surface area contributed by atoms with Crippen molar-refractivity contribution in [3.8, 4) is 0 Å². The van der Waals surface area contributed by atoms with Gasteiger partial charge in [0.2, 0.25) is 0 Å². The van der Waals surface area contributed by atoms with E-state index >= 15 is 0 Å². The Bertz CT molecular complexity index is 1120. The Labute approximate surface area is 197 Å². The van der Waals surface area contributed by atoms with E-state index < -0.39 is 11.9 Å². The lowest BCUT2D eigenvalue weighted by molar-refractivity contribution is -0.134. The van der Waals surface area contributed by atoms with Crippen molar-refractivity contribution in [2.45, 2.75) is 25.3 Å². The largest absolute Gasteiger partial charge is 0.478 e. The van der Waals surface area contributed by atoms with Gasteiger partial charge in [0, 0.05) is 60.5 Å². The highest BCUT2D eigenvalue weighted by Gasteiger charge is 2.21. The zero-order chi connectivity index (χ0) is 24.3. The number of para-hydroxylation sites is 1. The van der Waals surface area contributed by atoms with Crippen molar-refractivity contribution in [3.63, 3.8) is 0 Å². The molecular weight excluding hydrogens is 434 g/mol. The van der Waals surface area contributed by atoms with Gasteiger partial charge in [0.25, 0.3) is 5.91 Å². The molecule has 1 saturated heterocycles. The van der Waals surface area contributed by atoms with E-state index in [1.54, 1.807) is 0 Å². The molecule has 1 amide bonds. The zero-order valence-corrected chi connectivity index (χ0v) is 18.8. The van der Waals surface area contributed by atoms with Gasteiger partial charge in [0.1, 0.15) is 0 Å². The fourth-order valence-electron chi connectivity index (χ4n) is 3.92. The molecule has 178 valence electrons. The van der Waals surface area contributed by atoms with Crippen molar-refractivity contribution < 1.29 is 24.6 Å². The summed E-state index contributed by atoms with van der Waals surface area (Å²) in [7, 11) is 0. The van der Waals surface area contributed by atoms with E-state index in [0.29, 0.717) is 12.2 Å². The van der Waals surface area contributed by atoms with Gasteiger partial charge < -0.3 is 25.4 Å². The summed E-state index contributed by atoms with van der Waals surface area (Å²) in [5, 5.41) is 20.1. The number of amides is 1. The maximum Gasteiger partial charge on any atom is 0.328 e. The number of fused-ring (bicyclic) bond motifs is 1. The molecule has 0 spiro atoms. The van der Waals surface area contributed by atoms with E-state index in [-0.39, 0.29) is 11.9 Å². The Morgan fingerprint density at radius 3 is 2.21 bits per heavy atom. The number of nitrogens with zero attached hydrogens (tertiary/aromatic N) is 1. The van der Waals surface area contributed by atoms with Crippen LogP contribution in [-0.4, -0.2) is 63.6 Å². The molecule has 4 N–H and O–H groups in total. The average molecular weight is 464 g/mol. The Balaban J connectivity index is 0.000000350. The van der Waals surface area contributed by atoms with Crippen LogP contribution in [0, 0.1) is 0 Å². The van der Waals surface area contributed by atoms with Crippen LogP contribution in [0.5, 0.6) is 0 Å². The second-order valence-electron chi connectivity index (χ2n) is 8.07. The second-order valence-corrected chi connectivity index (χ2v) is 8.07. The molecule has 1 fully saturated rings. The van der Waals surface area contributed by atoms with Crippen LogP contribution >= 0.6 is 0 Å². The number of nitrogens with one attached hydrogen (secondary N) is 2. The number of carbonyl (C=O) groups excluding carboxylic acids is 1. The molecule has 0 aliphatic carbocycles. The number of carbonyl (C=O) groups is 3. The number of benzene rings is 2. The van der Waals surface area contributed by atoms with Gasteiger partial charge >= 0.3 is 11.9 Å². The summed E-state index contributed by atoms with van der Waals surface area (Å²) in [6.07, 6.45) is 6.35. The first-order valence-corrected chi connectivity index (χ1v) is 11.2. The SMILES string of the molecule is O=C(NC1CCN(CCc2c[nH]c3ccccc23)CC1)c1ccccc1.O=C(O)/C=C\C(=O)O. The van der Waals surface area contributed by atoms with Crippen LogP contribution < -0.4 is 5.32 Å². The fourth-order valence-corrected chi connectivity index (χ4v) is 3.92.